The predicted molar refractivity (Wildman–Crippen MR) is 59.0 cm³/mol. The van der Waals surface area contributed by atoms with Crippen molar-refractivity contribution < 1.29 is 28.0 Å². The first-order chi connectivity index (χ1) is 7.66. The van der Waals surface area contributed by atoms with E-state index >= 15 is 0 Å². The van der Waals surface area contributed by atoms with Crippen molar-refractivity contribution in [3.63, 3.8) is 0 Å². The van der Waals surface area contributed by atoms with Gasteiger partial charge in [0.05, 0.1) is 0 Å². The molecule has 0 saturated heterocycles. The Bertz CT molecular complexity index is 558. The van der Waals surface area contributed by atoms with E-state index in [9.17, 15) is 18.3 Å². The standard InChI is InChI=1S/C10H12O6S/c1-5(2)6-3-4-7(10(12)13)8(11)9(6)17(14,15)16/h3-5,11H,1-2H3,(H,12,13)(H,14,15,16). The van der Waals surface area contributed by atoms with E-state index in [0.717, 1.165) is 6.07 Å². The van der Waals surface area contributed by atoms with Crippen LogP contribution in [0.4, 0.5) is 0 Å². The molecule has 0 unspecified atom stereocenters. The highest BCUT2D eigenvalue weighted by atomic mass is 32.2. The van der Waals surface area contributed by atoms with Gasteiger partial charge in [-0.3, -0.25) is 4.55 Å². The van der Waals surface area contributed by atoms with Crippen molar-refractivity contribution in [1.82, 2.24) is 0 Å². The SMILES string of the molecule is CC(C)c1ccc(C(=O)O)c(O)c1S(=O)(=O)O. The molecule has 0 atom stereocenters. The number of benzene rings is 1. The predicted octanol–water partition coefficient (Wildman–Crippen LogP) is 1.46. The zero-order valence-electron chi connectivity index (χ0n) is 9.21. The Morgan fingerprint density at radius 1 is 1.29 bits per heavy atom. The van der Waals surface area contributed by atoms with Gasteiger partial charge in [0.1, 0.15) is 10.5 Å². The molecule has 0 saturated carbocycles. The Balaban J connectivity index is 3.72. The molecule has 0 aliphatic carbocycles. The first-order valence-corrected chi connectivity index (χ1v) is 6.17. The Hall–Kier alpha value is -1.60. The minimum absolute atomic E-state index is 0.162. The Morgan fingerprint density at radius 2 is 1.82 bits per heavy atom. The van der Waals surface area contributed by atoms with E-state index in [-0.39, 0.29) is 11.5 Å². The highest BCUT2D eigenvalue weighted by Gasteiger charge is 2.26. The van der Waals surface area contributed by atoms with Crippen LogP contribution in [0.1, 0.15) is 35.7 Å². The summed E-state index contributed by atoms with van der Waals surface area (Å²) in [5.41, 5.74) is -0.406. The van der Waals surface area contributed by atoms with Crippen LogP contribution in [0, 0.1) is 0 Å². The lowest BCUT2D eigenvalue weighted by atomic mass is 10.0. The molecule has 6 nitrogen and oxygen atoms in total. The van der Waals surface area contributed by atoms with Crippen molar-refractivity contribution in [3.8, 4) is 5.75 Å². The van der Waals surface area contributed by atoms with Crippen LogP contribution in [0.5, 0.6) is 5.75 Å². The fourth-order valence-corrected chi connectivity index (χ4v) is 2.44. The second kappa shape index (κ2) is 4.34. The minimum atomic E-state index is -4.68. The molecule has 17 heavy (non-hydrogen) atoms. The van der Waals surface area contributed by atoms with Crippen molar-refractivity contribution in [2.45, 2.75) is 24.7 Å². The Morgan fingerprint density at radius 3 is 2.18 bits per heavy atom. The topological polar surface area (TPSA) is 112 Å². The molecule has 0 radical (unpaired) electrons. The number of carbonyl (C=O) groups is 1. The number of aromatic carboxylic acids is 1. The number of hydrogen-bond donors (Lipinski definition) is 3. The van der Waals surface area contributed by atoms with Gasteiger partial charge in [0, 0.05) is 0 Å². The molecule has 0 aliphatic rings. The van der Waals surface area contributed by atoms with E-state index < -0.39 is 32.3 Å². The highest BCUT2D eigenvalue weighted by molar-refractivity contribution is 7.86. The monoisotopic (exact) mass is 260 g/mol. The normalized spacial score (nSPS) is 11.8. The van der Waals surface area contributed by atoms with Gasteiger partial charge in [-0.25, -0.2) is 4.79 Å². The van der Waals surface area contributed by atoms with Crippen molar-refractivity contribution in [2.24, 2.45) is 0 Å². The summed E-state index contributed by atoms with van der Waals surface area (Å²) >= 11 is 0. The van der Waals surface area contributed by atoms with Crippen LogP contribution in [0.3, 0.4) is 0 Å². The molecule has 7 heteroatoms. The molecule has 1 aromatic rings. The summed E-state index contributed by atoms with van der Waals surface area (Å²) in [5, 5.41) is 18.4. The third kappa shape index (κ3) is 2.56. The number of aromatic hydroxyl groups is 1. The minimum Gasteiger partial charge on any atom is -0.506 e. The first kappa shape index (κ1) is 13.5. The molecule has 0 fully saturated rings. The first-order valence-electron chi connectivity index (χ1n) is 4.73. The van der Waals surface area contributed by atoms with Crippen LogP contribution in [0.25, 0.3) is 0 Å². The Labute approximate surface area is 98.3 Å². The molecule has 0 spiro atoms. The van der Waals surface area contributed by atoms with Gasteiger partial charge in [0.2, 0.25) is 0 Å². The summed E-state index contributed by atoms with van der Waals surface area (Å²) in [4.78, 5) is 10.0. The quantitative estimate of drug-likeness (QED) is 0.709. The fourth-order valence-electron chi connectivity index (χ4n) is 1.49. The summed E-state index contributed by atoms with van der Waals surface area (Å²) in [6, 6.07) is 2.36. The van der Waals surface area contributed by atoms with Crippen LogP contribution < -0.4 is 0 Å². The highest BCUT2D eigenvalue weighted by Crippen LogP contribution is 2.34. The second-order valence-electron chi connectivity index (χ2n) is 3.82. The van der Waals surface area contributed by atoms with Crippen LogP contribution in [-0.2, 0) is 10.1 Å². The van der Waals surface area contributed by atoms with E-state index in [0.29, 0.717) is 0 Å². The van der Waals surface area contributed by atoms with E-state index in [4.69, 9.17) is 9.66 Å². The van der Waals surface area contributed by atoms with Crippen LogP contribution >= 0.6 is 0 Å². The van der Waals surface area contributed by atoms with Gasteiger partial charge in [-0.1, -0.05) is 19.9 Å². The van der Waals surface area contributed by atoms with Crippen LogP contribution in [0.2, 0.25) is 0 Å². The van der Waals surface area contributed by atoms with Gasteiger partial charge >= 0.3 is 5.97 Å². The zero-order valence-corrected chi connectivity index (χ0v) is 10.0. The van der Waals surface area contributed by atoms with Crippen molar-refractivity contribution in [3.05, 3.63) is 23.3 Å². The average Bonchev–Trinajstić information content (AvgIpc) is 2.14. The number of carboxylic acids is 1. The molecule has 0 amide bonds. The summed E-state index contributed by atoms with van der Waals surface area (Å²) in [6.07, 6.45) is 0. The summed E-state index contributed by atoms with van der Waals surface area (Å²) in [7, 11) is -4.68. The van der Waals surface area contributed by atoms with Gasteiger partial charge in [-0.15, -0.1) is 0 Å². The van der Waals surface area contributed by atoms with Gasteiger partial charge in [-0.05, 0) is 17.5 Å². The molecule has 0 aliphatic heterocycles. The van der Waals surface area contributed by atoms with Crippen LogP contribution in [-0.4, -0.2) is 29.2 Å². The lowest BCUT2D eigenvalue weighted by Crippen LogP contribution is -2.08. The Kier molecular flexibility index (Phi) is 3.44. The molecular weight excluding hydrogens is 248 g/mol. The maximum Gasteiger partial charge on any atom is 0.339 e. The van der Waals surface area contributed by atoms with Gasteiger partial charge in [0.15, 0.2) is 5.75 Å². The third-order valence-electron chi connectivity index (χ3n) is 2.27. The van der Waals surface area contributed by atoms with E-state index in [1.165, 1.54) is 6.07 Å². The second-order valence-corrected chi connectivity index (χ2v) is 5.17. The lowest BCUT2D eigenvalue weighted by molar-refractivity contribution is 0.0693. The molecule has 3 N–H and O–H groups in total. The number of carboxylic acid groups (broad SMARTS) is 1. The molecule has 1 aromatic carbocycles. The maximum atomic E-state index is 11.2. The largest absolute Gasteiger partial charge is 0.506 e. The lowest BCUT2D eigenvalue weighted by Gasteiger charge is -2.13. The average molecular weight is 260 g/mol. The fraction of sp³-hybridized carbons (Fsp3) is 0.300. The third-order valence-corrected chi connectivity index (χ3v) is 3.22. The molecule has 0 heterocycles. The van der Waals surface area contributed by atoms with E-state index in [2.05, 4.69) is 0 Å². The molecule has 94 valence electrons. The smallest absolute Gasteiger partial charge is 0.339 e. The number of hydrogen-bond acceptors (Lipinski definition) is 4. The van der Waals surface area contributed by atoms with E-state index in [1.807, 2.05) is 0 Å². The number of rotatable bonds is 3. The molecular formula is C10H12O6S. The van der Waals surface area contributed by atoms with Gasteiger partial charge in [-0.2, -0.15) is 8.42 Å². The molecule has 1 rings (SSSR count). The van der Waals surface area contributed by atoms with Crippen molar-refractivity contribution in [2.75, 3.05) is 0 Å². The maximum absolute atomic E-state index is 11.2. The molecule has 0 aromatic heterocycles. The van der Waals surface area contributed by atoms with E-state index in [1.54, 1.807) is 13.8 Å². The summed E-state index contributed by atoms with van der Waals surface area (Å²) in [5.74, 6) is -2.70. The summed E-state index contributed by atoms with van der Waals surface area (Å²) in [6.45, 7) is 3.31. The van der Waals surface area contributed by atoms with Gasteiger partial charge in [0.25, 0.3) is 10.1 Å². The van der Waals surface area contributed by atoms with Crippen molar-refractivity contribution in [1.29, 1.82) is 0 Å². The number of phenols is 1. The summed E-state index contributed by atoms with van der Waals surface area (Å²) < 4.78 is 31.3. The van der Waals surface area contributed by atoms with Crippen molar-refractivity contribution >= 4 is 16.1 Å². The van der Waals surface area contributed by atoms with Gasteiger partial charge < -0.3 is 10.2 Å². The zero-order chi connectivity index (χ0) is 13.4. The molecule has 0 bridgehead atoms. The van der Waals surface area contributed by atoms with Crippen LogP contribution in [0.15, 0.2) is 17.0 Å².